The van der Waals surface area contributed by atoms with Crippen molar-refractivity contribution in [3.8, 4) is 11.4 Å². The predicted octanol–water partition coefficient (Wildman–Crippen LogP) is 2.68. The number of carbonyl (C=O) groups is 1. The first-order chi connectivity index (χ1) is 13.7. The molecule has 8 nitrogen and oxygen atoms in total. The third kappa shape index (κ3) is 5.26. The number of hydrogen-bond donors (Lipinski definition) is 5. The van der Waals surface area contributed by atoms with E-state index in [1.807, 2.05) is 18.2 Å². The third-order valence-corrected chi connectivity index (χ3v) is 3.79. The van der Waals surface area contributed by atoms with Crippen LogP contribution in [0.4, 0.5) is 22.0 Å². The molecule has 0 aliphatic carbocycles. The topological polar surface area (TPSA) is 119 Å². The Balaban J connectivity index is 1.70. The molecule has 1 aromatic heterocycles. The molecule has 0 saturated heterocycles. The first-order valence-corrected chi connectivity index (χ1v) is 8.75. The van der Waals surface area contributed by atoms with Crippen LogP contribution < -0.4 is 16.0 Å². The molecule has 3 aromatic rings. The van der Waals surface area contributed by atoms with E-state index in [-0.39, 0.29) is 19.2 Å². The number of aliphatic hydroxyl groups is 2. The highest BCUT2D eigenvalue weighted by Crippen LogP contribution is 2.21. The van der Waals surface area contributed by atoms with Gasteiger partial charge < -0.3 is 26.2 Å². The third-order valence-electron chi connectivity index (χ3n) is 3.79. The van der Waals surface area contributed by atoms with Crippen LogP contribution in [0.5, 0.6) is 0 Å². The van der Waals surface area contributed by atoms with E-state index in [1.165, 1.54) is 0 Å². The summed E-state index contributed by atoms with van der Waals surface area (Å²) in [6.07, 6.45) is 0. The van der Waals surface area contributed by atoms with Crippen molar-refractivity contribution in [1.29, 1.82) is 0 Å². The maximum Gasteiger partial charge on any atom is 0.323 e. The number of para-hydroxylation sites is 1. The molecule has 1 heterocycles. The average Bonchev–Trinajstić information content (AvgIpc) is 2.73. The number of carbonyl (C=O) groups excluding carboxylic acids is 1. The van der Waals surface area contributed by atoms with Crippen molar-refractivity contribution in [3.05, 3.63) is 66.4 Å². The fraction of sp³-hybridized carbons (Fsp3) is 0.150. The molecule has 0 aliphatic heterocycles. The number of rotatable bonds is 7. The Bertz CT molecular complexity index is 917. The van der Waals surface area contributed by atoms with Crippen molar-refractivity contribution in [2.75, 3.05) is 29.1 Å². The summed E-state index contributed by atoms with van der Waals surface area (Å²) in [4.78, 5) is 20.8. The van der Waals surface area contributed by atoms with Crippen molar-refractivity contribution in [2.24, 2.45) is 0 Å². The SMILES string of the molecule is O=C(Nc1ccccc1)Nc1ccc(-c2nc(CO)cc(NCCO)n2)cc1. The maximum absolute atomic E-state index is 12.1. The quantitative estimate of drug-likeness (QED) is 0.431. The van der Waals surface area contributed by atoms with Crippen molar-refractivity contribution < 1.29 is 15.0 Å². The lowest BCUT2D eigenvalue weighted by atomic mass is 10.2. The summed E-state index contributed by atoms with van der Waals surface area (Å²) in [5, 5.41) is 26.8. The van der Waals surface area contributed by atoms with Gasteiger partial charge in [0.15, 0.2) is 5.82 Å². The zero-order valence-electron chi connectivity index (χ0n) is 15.1. The van der Waals surface area contributed by atoms with Crippen molar-refractivity contribution in [3.63, 3.8) is 0 Å². The number of benzene rings is 2. The van der Waals surface area contributed by atoms with E-state index in [1.54, 1.807) is 42.5 Å². The van der Waals surface area contributed by atoms with E-state index < -0.39 is 0 Å². The highest BCUT2D eigenvalue weighted by atomic mass is 16.3. The molecule has 28 heavy (non-hydrogen) atoms. The minimum atomic E-state index is -0.340. The second kappa shape index (κ2) is 9.45. The summed E-state index contributed by atoms with van der Waals surface area (Å²) in [6.45, 7) is 0.0997. The van der Waals surface area contributed by atoms with Gasteiger partial charge in [0.05, 0.1) is 18.9 Å². The largest absolute Gasteiger partial charge is 0.395 e. The van der Waals surface area contributed by atoms with Gasteiger partial charge in [-0.15, -0.1) is 0 Å². The smallest absolute Gasteiger partial charge is 0.323 e. The molecular weight excluding hydrogens is 358 g/mol. The number of aromatic nitrogens is 2. The predicted molar refractivity (Wildman–Crippen MR) is 108 cm³/mol. The Morgan fingerprint density at radius 3 is 2.21 bits per heavy atom. The van der Waals surface area contributed by atoms with Crippen LogP contribution in [0.2, 0.25) is 0 Å². The number of aliphatic hydroxyl groups excluding tert-OH is 2. The van der Waals surface area contributed by atoms with E-state index >= 15 is 0 Å². The van der Waals surface area contributed by atoms with Crippen molar-refractivity contribution in [2.45, 2.75) is 6.61 Å². The number of urea groups is 1. The second-order valence-corrected chi connectivity index (χ2v) is 5.90. The Morgan fingerprint density at radius 1 is 0.893 bits per heavy atom. The van der Waals surface area contributed by atoms with Gasteiger partial charge in [-0.2, -0.15) is 0 Å². The molecule has 144 valence electrons. The minimum absolute atomic E-state index is 0.0286. The summed E-state index contributed by atoms with van der Waals surface area (Å²) in [5.41, 5.74) is 2.52. The van der Waals surface area contributed by atoms with E-state index in [9.17, 15) is 9.90 Å². The maximum atomic E-state index is 12.1. The standard InChI is InChI=1S/C20H21N5O3/c26-11-10-21-18-12-17(13-27)22-19(25-18)14-6-8-16(9-7-14)24-20(28)23-15-4-2-1-3-5-15/h1-9,12,26-27H,10-11,13H2,(H,21,22,25)(H2,23,24,28). The molecule has 3 rings (SSSR count). The highest BCUT2D eigenvalue weighted by Gasteiger charge is 2.08. The first-order valence-electron chi connectivity index (χ1n) is 8.75. The van der Waals surface area contributed by atoms with Gasteiger partial charge in [0.25, 0.3) is 0 Å². The van der Waals surface area contributed by atoms with Crippen molar-refractivity contribution in [1.82, 2.24) is 9.97 Å². The lowest BCUT2D eigenvalue weighted by Gasteiger charge is -2.10. The molecule has 0 bridgehead atoms. The summed E-state index contributed by atoms with van der Waals surface area (Å²) in [6, 6.07) is 17.5. The molecule has 2 aromatic carbocycles. The number of nitrogens with one attached hydrogen (secondary N) is 3. The van der Waals surface area contributed by atoms with Gasteiger partial charge in [0, 0.05) is 29.5 Å². The van der Waals surface area contributed by atoms with Crippen LogP contribution >= 0.6 is 0 Å². The average molecular weight is 379 g/mol. The van der Waals surface area contributed by atoms with Gasteiger partial charge in [-0.1, -0.05) is 18.2 Å². The van der Waals surface area contributed by atoms with Crippen LogP contribution in [-0.2, 0) is 6.61 Å². The molecular formula is C20H21N5O3. The number of anilines is 3. The molecule has 0 atom stereocenters. The molecule has 0 unspecified atom stereocenters. The molecule has 0 saturated carbocycles. The van der Waals surface area contributed by atoms with Crippen LogP contribution in [0.3, 0.4) is 0 Å². The van der Waals surface area contributed by atoms with Crippen LogP contribution in [0.15, 0.2) is 60.7 Å². The number of amides is 2. The van der Waals surface area contributed by atoms with Gasteiger partial charge in [0.2, 0.25) is 0 Å². The van der Waals surface area contributed by atoms with E-state index in [0.717, 1.165) is 5.56 Å². The summed E-state index contributed by atoms with van der Waals surface area (Å²) < 4.78 is 0. The zero-order chi connectivity index (χ0) is 19.8. The Labute approximate surface area is 162 Å². The van der Waals surface area contributed by atoms with Gasteiger partial charge >= 0.3 is 6.03 Å². The Hall–Kier alpha value is -3.49. The number of hydrogen-bond acceptors (Lipinski definition) is 6. The van der Waals surface area contributed by atoms with Gasteiger partial charge in [-0.25, -0.2) is 14.8 Å². The zero-order valence-corrected chi connectivity index (χ0v) is 15.1. The lowest BCUT2D eigenvalue weighted by Crippen LogP contribution is -2.19. The Morgan fingerprint density at radius 2 is 1.57 bits per heavy atom. The van der Waals surface area contributed by atoms with Crippen LogP contribution in [-0.4, -0.2) is 39.4 Å². The summed E-state index contributed by atoms with van der Waals surface area (Å²) in [5.74, 6) is 0.958. The Kier molecular flexibility index (Phi) is 6.50. The second-order valence-electron chi connectivity index (χ2n) is 5.90. The fourth-order valence-corrected chi connectivity index (χ4v) is 2.50. The van der Waals surface area contributed by atoms with E-state index in [4.69, 9.17) is 5.11 Å². The van der Waals surface area contributed by atoms with E-state index in [0.29, 0.717) is 35.3 Å². The molecule has 8 heteroatoms. The first kappa shape index (κ1) is 19.3. The van der Waals surface area contributed by atoms with Gasteiger partial charge in [-0.3, -0.25) is 0 Å². The molecule has 5 N–H and O–H groups in total. The summed E-state index contributed by atoms with van der Waals surface area (Å²) in [7, 11) is 0. The van der Waals surface area contributed by atoms with Crippen LogP contribution in [0.1, 0.15) is 5.69 Å². The normalized spacial score (nSPS) is 10.4. The lowest BCUT2D eigenvalue weighted by molar-refractivity contribution is 0.262. The minimum Gasteiger partial charge on any atom is -0.395 e. The summed E-state index contributed by atoms with van der Waals surface area (Å²) >= 11 is 0. The number of nitrogens with zero attached hydrogens (tertiary/aromatic N) is 2. The molecule has 0 fully saturated rings. The monoisotopic (exact) mass is 379 g/mol. The van der Waals surface area contributed by atoms with Crippen LogP contribution in [0.25, 0.3) is 11.4 Å². The molecule has 2 amide bonds. The molecule has 0 radical (unpaired) electrons. The van der Waals surface area contributed by atoms with Crippen molar-refractivity contribution >= 4 is 23.2 Å². The highest BCUT2D eigenvalue weighted by molar-refractivity contribution is 5.99. The molecule has 0 spiro atoms. The molecule has 0 aliphatic rings. The fourth-order valence-electron chi connectivity index (χ4n) is 2.50. The van der Waals surface area contributed by atoms with Gasteiger partial charge in [0.1, 0.15) is 5.82 Å². The van der Waals surface area contributed by atoms with Crippen LogP contribution in [0, 0.1) is 0 Å². The van der Waals surface area contributed by atoms with Gasteiger partial charge in [-0.05, 0) is 36.4 Å². The van der Waals surface area contributed by atoms with E-state index in [2.05, 4.69) is 25.9 Å².